The predicted molar refractivity (Wildman–Crippen MR) is 43.5 cm³/mol. The van der Waals surface area contributed by atoms with E-state index in [9.17, 15) is 0 Å². The van der Waals surface area contributed by atoms with Crippen LogP contribution in [0.5, 0.6) is 0 Å². The molecule has 0 saturated carbocycles. The van der Waals surface area contributed by atoms with Crippen LogP contribution in [0.2, 0.25) is 0 Å². The zero-order valence-electron chi connectivity index (χ0n) is 6.52. The van der Waals surface area contributed by atoms with Gasteiger partial charge < -0.3 is 4.74 Å². The summed E-state index contributed by atoms with van der Waals surface area (Å²) in [4.78, 5) is 0. The Morgan fingerprint density at radius 3 is 2.70 bits per heavy atom. The third-order valence-electron chi connectivity index (χ3n) is 0.963. The van der Waals surface area contributed by atoms with E-state index in [2.05, 4.69) is 25.3 Å². The molecule has 1 heteroatoms. The van der Waals surface area contributed by atoms with Crippen molar-refractivity contribution in [3.8, 4) is 11.8 Å². The summed E-state index contributed by atoms with van der Waals surface area (Å²) in [6.45, 7) is 6.21. The third kappa shape index (κ3) is 7.10. The van der Waals surface area contributed by atoms with Crippen LogP contribution in [0.3, 0.4) is 0 Å². The minimum absolute atomic E-state index is 0.667. The first-order chi connectivity index (χ1) is 4.91. The van der Waals surface area contributed by atoms with E-state index in [0.29, 0.717) is 6.61 Å². The molecule has 56 valence electrons. The third-order valence-corrected chi connectivity index (χ3v) is 0.963. The summed E-state index contributed by atoms with van der Waals surface area (Å²) in [5, 5.41) is 0. The maximum atomic E-state index is 4.88. The molecule has 0 aliphatic carbocycles. The topological polar surface area (TPSA) is 9.23 Å². The molecule has 0 rings (SSSR count). The highest BCUT2D eigenvalue weighted by Crippen LogP contribution is 1.84. The highest BCUT2D eigenvalue weighted by atomic mass is 16.5. The molecular formula is C9H14O. The molecule has 0 N–H and O–H groups in total. The molecule has 0 aromatic rings. The molecule has 0 aliphatic heterocycles. The van der Waals surface area contributed by atoms with Crippen LogP contribution in [0.4, 0.5) is 0 Å². The van der Waals surface area contributed by atoms with Gasteiger partial charge in [0.1, 0.15) is 0 Å². The van der Waals surface area contributed by atoms with Gasteiger partial charge in [0.2, 0.25) is 0 Å². The van der Waals surface area contributed by atoms with E-state index in [4.69, 9.17) is 4.74 Å². The Morgan fingerprint density at radius 2 is 2.10 bits per heavy atom. The average molecular weight is 138 g/mol. The molecule has 1 nitrogen and oxygen atoms in total. The fourth-order valence-electron chi connectivity index (χ4n) is 0.495. The fourth-order valence-corrected chi connectivity index (χ4v) is 0.495. The van der Waals surface area contributed by atoms with E-state index in [1.54, 1.807) is 0 Å². The molecule has 0 fully saturated rings. The van der Waals surface area contributed by atoms with Crippen molar-refractivity contribution in [1.29, 1.82) is 0 Å². The van der Waals surface area contributed by atoms with Crippen LogP contribution in [0, 0.1) is 11.8 Å². The number of hydrogen-bond acceptors (Lipinski definition) is 1. The molecule has 0 radical (unpaired) electrons. The lowest BCUT2D eigenvalue weighted by Gasteiger charge is -1.91. The first kappa shape index (κ1) is 9.10. The SMILES string of the molecule is C=COCCC#CCCC. The van der Waals surface area contributed by atoms with Gasteiger partial charge in [0.25, 0.3) is 0 Å². The van der Waals surface area contributed by atoms with Gasteiger partial charge in [-0.05, 0) is 6.42 Å². The summed E-state index contributed by atoms with van der Waals surface area (Å²) in [7, 11) is 0. The van der Waals surface area contributed by atoms with Gasteiger partial charge >= 0.3 is 0 Å². The molecule has 0 unspecified atom stereocenters. The minimum Gasteiger partial charge on any atom is -0.501 e. The van der Waals surface area contributed by atoms with Gasteiger partial charge in [0.05, 0.1) is 12.9 Å². The van der Waals surface area contributed by atoms with Crippen molar-refractivity contribution in [2.24, 2.45) is 0 Å². The second-order valence-electron chi connectivity index (χ2n) is 1.89. The largest absolute Gasteiger partial charge is 0.501 e. The Hall–Kier alpha value is -0.900. The van der Waals surface area contributed by atoms with Crippen molar-refractivity contribution < 1.29 is 4.74 Å². The molecule has 0 atom stereocenters. The lowest BCUT2D eigenvalue weighted by molar-refractivity contribution is 0.259. The van der Waals surface area contributed by atoms with E-state index < -0.39 is 0 Å². The number of ether oxygens (including phenoxy) is 1. The average Bonchev–Trinajstić information content (AvgIpc) is 1.97. The summed E-state index contributed by atoms with van der Waals surface area (Å²) in [6.07, 6.45) is 4.39. The molecule has 10 heavy (non-hydrogen) atoms. The van der Waals surface area contributed by atoms with E-state index in [1.807, 2.05) is 0 Å². The summed E-state index contributed by atoms with van der Waals surface area (Å²) >= 11 is 0. The van der Waals surface area contributed by atoms with Crippen molar-refractivity contribution in [3.63, 3.8) is 0 Å². The second-order valence-corrected chi connectivity index (χ2v) is 1.89. The molecule has 0 saturated heterocycles. The van der Waals surface area contributed by atoms with Crippen LogP contribution in [0.1, 0.15) is 26.2 Å². The van der Waals surface area contributed by atoms with Crippen LogP contribution in [-0.2, 0) is 4.74 Å². The molecule has 0 aromatic carbocycles. The summed E-state index contributed by atoms with van der Waals surface area (Å²) in [5.41, 5.74) is 0. The van der Waals surface area contributed by atoms with Gasteiger partial charge in [-0.3, -0.25) is 0 Å². The van der Waals surface area contributed by atoms with Crippen molar-refractivity contribution in [3.05, 3.63) is 12.8 Å². The Kier molecular flexibility index (Phi) is 7.37. The van der Waals surface area contributed by atoms with E-state index in [-0.39, 0.29) is 0 Å². The lowest BCUT2D eigenvalue weighted by atomic mass is 10.3. The molecule has 0 aromatic heterocycles. The quantitative estimate of drug-likeness (QED) is 0.329. The predicted octanol–water partition coefficient (Wildman–Crippen LogP) is 2.34. The first-order valence-corrected chi connectivity index (χ1v) is 3.60. The molecule has 0 spiro atoms. The van der Waals surface area contributed by atoms with E-state index in [1.165, 1.54) is 6.26 Å². The van der Waals surface area contributed by atoms with Gasteiger partial charge in [0.15, 0.2) is 0 Å². The Labute approximate surface area is 63.1 Å². The lowest BCUT2D eigenvalue weighted by Crippen LogP contribution is -1.82. The Bertz CT molecular complexity index is 127. The van der Waals surface area contributed by atoms with Gasteiger partial charge in [-0.25, -0.2) is 0 Å². The van der Waals surface area contributed by atoms with E-state index in [0.717, 1.165) is 19.3 Å². The van der Waals surface area contributed by atoms with Crippen molar-refractivity contribution in [2.75, 3.05) is 6.61 Å². The molecule has 0 amide bonds. The Balaban J connectivity index is 3.03. The maximum Gasteiger partial charge on any atom is 0.0982 e. The zero-order chi connectivity index (χ0) is 7.66. The second kappa shape index (κ2) is 8.10. The van der Waals surface area contributed by atoms with Gasteiger partial charge in [-0.15, -0.1) is 5.92 Å². The molecular weight excluding hydrogens is 124 g/mol. The number of unbranched alkanes of at least 4 members (excludes halogenated alkanes) is 1. The summed E-state index contributed by atoms with van der Waals surface area (Å²) < 4.78 is 4.88. The molecule has 0 bridgehead atoms. The standard InChI is InChI=1S/C9H14O/c1-3-5-6-7-8-9-10-4-2/h4H,2-3,5,8-9H2,1H3. The van der Waals surface area contributed by atoms with Crippen molar-refractivity contribution in [2.45, 2.75) is 26.2 Å². The van der Waals surface area contributed by atoms with Crippen LogP contribution in [-0.4, -0.2) is 6.61 Å². The first-order valence-electron chi connectivity index (χ1n) is 3.60. The summed E-state index contributed by atoms with van der Waals surface area (Å²) in [5.74, 6) is 6.03. The minimum atomic E-state index is 0.667. The molecule has 0 aliphatic rings. The smallest absolute Gasteiger partial charge is 0.0982 e. The highest BCUT2D eigenvalue weighted by Gasteiger charge is 1.75. The molecule has 0 heterocycles. The van der Waals surface area contributed by atoms with E-state index >= 15 is 0 Å². The monoisotopic (exact) mass is 138 g/mol. The van der Waals surface area contributed by atoms with Crippen LogP contribution in [0.15, 0.2) is 12.8 Å². The van der Waals surface area contributed by atoms with Crippen LogP contribution >= 0.6 is 0 Å². The highest BCUT2D eigenvalue weighted by molar-refractivity contribution is 4.98. The van der Waals surface area contributed by atoms with Crippen LogP contribution in [0.25, 0.3) is 0 Å². The fraction of sp³-hybridized carbons (Fsp3) is 0.556. The van der Waals surface area contributed by atoms with Crippen molar-refractivity contribution >= 4 is 0 Å². The number of hydrogen-bond donors (Lipinski definition) is 0. The van der Waals surface area contributed by atoms with Crippen molar-refractivity contribution in [1.82, 2.24) is 0 Å². The van der Waals surface area contributed by atoms with Gasteiger partial charge in [-0.2, -0.15) is 0 Å². The van der Waals surface area contributed by atoms with Gasteiger partial charge in [-0.1, -0.05) is 19.4 Å². The van der Waals surface area contributed by atoms with Crippen LogP contribution < -0.4 is 0 Å². The maximum absolute atomic E-state index is 4.88. The number of rotatable bonds is 4. The normalized spacial score (nSPS) is 7.70. The zero-order valence-corrected chi connectivity index (χ0v) is 6.52. The summed E-state index contributed by atoms with van der Waals surface area (Å²) in [6, 6.07) is 0. The Morgan fingerprint density at radius 1 is 1.40 bits per heavy atom. The van der Waals surface area contributed by atoms with Gasteiger partial charge in [0, 0.05) is 12.8 Å².